The van der Waals surface area contributed by atoms with E-state index >= 15 is 0 Å². The fourth-order valence-electron chi connectivity index (χ4n) is 2.67. The van der Waals surface area contributed by atoms with Gasteiger partial charge in [0, 0.05) is 38.1 Å². The lowest BCUT2D eigenvalue weighted by Crippen LogP contribution is -2.20. The quantitative estimate of drug-likeness (QED) is 0.617. The summed E-state index contributed by atoms with van der Waals surface area (Å²) in [6.07, 6.45) is 5.01. The molecule has 1 fully saturated rings. The van der Waals surface area contributed by atoms with Crippen LogP contribution >= 0.6 is 0 Å². The maximum atomic E-state index is 12.3. The number of nitrogens with zero attached hydrogens (tertiary/aromatic N) is 3. The number of hydrogen-bond acceptors (Lipinski definition) is 6. The molecule has 0 spiro atoms. The van der Waals surface area contributed by atoms with Gasteiger partial charge in [-0.05, 0) is 30.9 Å². The van der Waals surface area contributed by atoms with Gasteiger partial charge in [0.15, 0.2) is 0 Å². The molecule has 2 heterocycles. The standard InChI is InChI=1S/C15H18N4O5S/c20-19(21)14-1-3-15(4-2-14)25(22,23)17-13-9-16-18(11-13)10-12-5-7-24-8-6-12/h1-4,9,11-12,17H,5-8,10H2. The molecular weight excluding hydrogens is 348 g/mol. The van der Waals surface area contributed by atoms with Crippen molar-refractivity contribution < 1.29 is 18.1 Å². The van der Waals surface area contributed by atoms with E-state index in [2.05, 4.69) is 9.82 Å². The Labute approximate surface area is 144 Å². The molecule has 1 aliphatic rings. The van der Waals surface area contributed by atoms with Crippen molar-refractivity contribution in [1.29, 1.82) is 0 Å². The first-order valence-electron chi connectivity index (χ1n) is 7.81. The monoisotopic (exact) mass is 366 g/mol. The SMILES string of the molecule is O=[N+]([O-])c1ccc(S(=O)(=O)Nc2cnn(CC3CCOCC3)c2)cc1. The predicted octanol–water partition coefficient (Wildman–Crippen LogP) is 2.02. The molecule has 0 bridgehead atoms. The van der Waals surface area contributed by atoms with Crippen LogP contribution in [0.15, 0.2) is 41.6 Å². The third-order valence-electron chi connectivity index (χ3n) is 4.03. The van der Waals surface area contributed by atoms with Crippen molar-refractivity contribution >= 4 is 21.4 Å². The second-order valence-corrected chi connectivity index (χ2v) is 7.55. The maximum Gasteiger partial charge on any atom is 0.269 e. The minimum atomic E-state index is -3.82. The molecule has 0 aliphatic carbocycles. The Morgan fingerprint density at radius 2 is 1.96 bits per heavy atom. The molecule has 10 heteroatoms. The van der Waals surface area contributed by atoms with E-state index in [0.717, 1.165) is 38.2 Å². The van der Waals surface area contributed by atoms with Crippen LogP contribution in [0.5, 0.6) is 0 Å². The van der Waals surface area contributed by atoms with Crippen molar-refractivity contribution in [3.63, 3.8) is 0 Å². The van der Waals surface area contributed by atoms with Gasteiger partial charge in [0.05, 0.1) is 21.7 Å². The highest BCUT2D eigenvalue weighted by Crippen LogP contribution is 2.20. The third kappa shape index (κ3) is 4.34. The lowest BCUT2D eigenvalue weighted by atomic mass is 10.0. The van der Waals surface area contributed by atoms with Gasteiger partial charge in [0.2, 0.25) is 0 Å². The van der Waals surface area contributed by atoms with Crippen molar-refractivity contribution in [3.8, 4) is 0 Å². The Hall–Kier alpha value is -2.46. The van der Waals surface area contributed by atoms with Gasteiger partial charge in [-0.25, -0.2) is 8.42 Å². The fourth-order valence-corrected chi connectivity index (χ4v) is 3.70. The number of hydrogen-bond donors (Lipinski definition) is 1. The van der Waals surface area contributed by atoms with E-state index in [-0.39, 0.29) is 10.6 Å². The summed E-state index contributed by atoms with van der Waals surface area (Å²) in [5.74, 6) is 0.466. The molecule has 0 unspecified atom stereocenters. The lowest BCUT2D eigenvalue weighted by Gasteiger charge is -2.21. The maximum absolute atomic E-state index is 12.3. The summed E-state index contributed by atoms with van der Waals surface area (Å²) in [6, 6.07) is 4.71. The fraction of sp³-hybridized carbons (Fsp3) is 0.400. The van der Waals surface area contributed by atoms with Gasteiger partial charge in [0.1, 0.15) is 0 Å². The third-order valence-corrected chi connectivity index (χ3v) is 5.43. The zero-order chi connectivity index (χ0) is 17.9. The van der Waals surface area contributed by atoms with Gasteiger partial charge < -0.3 is 4.74 Å². The van der Waals surface area contributed by atoms with Gasteiger partial charge in [-0.15, -0.1) is 0 Å². The number of sulfonamides is 1. The number of nitro benzene ring substituents is 1. The number of rotatable bonds is 6. The highest BCUT2D eigenvalue weighted by Gasteiger charge is 2.18. The molecule has 1 aromatic heterocycles. The highest BCUT2D eigenvalue weighted by molar-refractivity contribution is 7.92. The van der Waals surface area contributed by atoms with Crippen LogP contribution < -0.4 is 4.72 Å². The first kappa shape index (κ1) is 17.4. The van der Waals surface area contributed by atoms with Crippen LogP contribution in [0.4, 0.5) is 11.4 Å². The first-order chi connectivity index (χ1) is 11.9. The van der Waals surface area contributed by atoms with Crippen molar-refractivity contribution in [2.45, 2.75) is 24.3 Å². The molecule has 0 amide bonds. The molecule has 1 aromatic carbocycles. The van der Waals surface area contributed by atoms with Crippen molar-refractivity contribution in [1.82, 2.24) is 9.78 Å². The molecular formula is C15H18N4O5S. The van der Waals surface area contributed by atoms with Gasteiger partial charge in [-0.2, -0.15) is 5.10 Å². The van der Waals surface area contributed by atoms with Crippen molar-refractivity contribution in [2.75, 3.05) is 17.9 Å². The smallest absolute Gasteiger partial charge is 0.269 e. The largest absolute Gasteiger partial charge is 0.381 e. The Kier molecular flexibility index (Phi) is 5.00. The number of nitrogens with one attached hydrogen (secondary N) is 1. The second kappa shape index (κ2) is 7.19. The van der Waals surface area contributed by atoms with Gasteiger partial charge in [-0.3, -0.25) is 19.5 Å². The summed E-state index contributed by atoms with van der Waals surface area (Å²) < 4.78 is 34.2. The molecule has 1 N–H and O–H groups in total. The molecule has 25 heavy (non-hydrogen) atoms. The van der Waals surface area contributed by atoms with E-state index in [0.29, 0.717) is 18.2 Å². The summed E-state index contributed by atoms with van der Waals surface area (Å²) in [4.78, 5) is 10.0. The summed E-state index contributed by atoms with van der Waals surface area (Å²) in [5.41, 5.74) is 0.189. The minimum absolute atomic E-state index is 0.0460. The Balaban J connectivity index is 1.67. The average Bonchev–Trinajstić information content (AvgIpc) is 3.02. The summed E-state index contributed by atoms with van der Waals surface area (Å²) >= 11 is 0. The summed E-state index contributed by atoms with van der Waals surface area (Å²) in [7, 11) is -3.82. The van der Waals surface area contributed by atoms with Crippen LogP contribution in [0, 0.1) is 16.0 Å². The summed E-state index contributed by atoms with van der Waals surface area (Å²) in [6.45, 7) is 2.19. The van der Waals surface area contributed by atoms with Crippen molar-refractivity contribution in [2.24, 2.45) is 5.92 Å². The zero-order valence-corrected chi connectivity index (χ0v) is 14.2. The van der Waals surface area contributed by atoms with Crippen LogP contribution in [0.1, 0.15) is 12.8 Å². The Morgan fingerprint density at radius 3 is 2.60 bits per heavy atom. The number of non-ortho nitro benzene ring substituents is 1. The number of ether oxygens (including phenoxy) is 1. The molecule has 2 aromatic rings. The van der Waals surface area contributed by atoms with E-state index in [1.54, 1.807) is 10.9 Å². The summed E-state index contributed by atoms with van der Waals surface area (Å²) in [5, 5.41) is 14.8. The van der Waals surface area contributed by atoms with Crippen LogP contribution in [0.2, 0.25) is 0 Å². The van der Waals surface area contributed by atoms with Gasteiger partial charge in [0.25, 0.3) is 15.7 Å². The number of nitro groups is 1. The number of benzene rings is 1. The molecule has 9 nitrogen and oxygen atoms in total. The molecule has 0 radical (unpaired) electrons. The molecule has 0 atom stereocenters. The minimum Gasteiger partial charge on any atom is -0.381 e. The molecule has 134 valence electrons. The zero-order valence-electron chi connectivity index (χ0n) is 13.4. The van der Waals surface area contributed by atoms with Crippen LogP contribution in [-0.4, -0.2) is 36.3 Å². The van der Waals surface area contributed by atoms with Gasteiger partial charge >= 0.3 is 0 Å². The topological polar surface area (TPSA) is 116 Å². The lowest BCUT2D eigenvalue weighted by molar-refractivity contribution is -0.384. The average molecular weight is 366 g/mol. The molecule has 1 saturated heterocycles. The van der Waals surface area contributed by atoms with Crippen LogP contribution in [-0.2, 0) is 21.3 Å². The van der Waals surface area contributed by atoms with E-state index in [4.69, 9.17) is 4.74 Å². The number of anilines is 1. The van der Waals surface area contributed by atoms with E-state index < -0.39 is 14.9 Å². The second-order valence-electron chi connectivity index (χ2n) is 5.86. The predicted molar refractivity (Wildman–Crippen MR) is 89.7 cm³/mol. The van der Waals surface area contributed by atoms with E-state index in [1.165, 1.54) is 18.3 Å². The van der Waals surface area contributed by atoms with Crippen LogP contribution in [0.3, 0.4) is 0 Å². The van der Waals surface area contributed by atoms with Crippen molar-refractivity contribution in [3.05, 3.63) is 46.8 Å². The van der Waals surface area contributed by atoms with E-state index in [9.17, 15) is 18.5 Å². The molecule has 0 saturated carbocycles. The van der Waals surface area contributed by atoms with Gasteiger partial charge in [-0.1, -0.05) is 0 Å². The molecule has 3 rings (SSSR count). The van der Waals surface area contributed by atoms with Crippen LogP contribution in [0.25, 0.3) is 0 Å². The molecule has 1 aliphatic heterocycles. The number of aromatic nitrogens is 2. The first-order valence-corrected chi connectivity index (χ1v) is 9.30. The van der Waals surface area contributed by atoms with E-state index in [1.807, 2.05) is 0 Å². The Bertz CT molecular complexity index is 841. The Morgan fingerprint density at radius 1 is 1.28 bits per heavy atom. The normalized spacial score (nSPS) is 15.8. The highest BCUT2D eigenvalue weighted by atomic mass is 32.2.